The second kappa shape index (κ2) is 6.05. The van der Waals surface area contributed by atoms with Gasteiger partial charge in [-0.2, -0.15) is 0 Å². The topological polar surface area (TPSA) is 0 Å². The second-order valence-electron chi connectivity index (χ2n) is 2.91. The molecule has 0 spiro atoms. The molecule has 0 bridgehead atoms. The first-order valence-corrected chi connectivity index (χ1v) is 6.58. The van der Waals surface area contributed by atoms with Gasteiger partial charge in [-0.25, -0.2) is 0 Å². The maximum Gasteiger partial charge on any atom is 0.0406 e. The highest BCUT2D eigenvalue weighted by molar-refractivity contribution is 9.10. The van der Waals surface area contributed by atoms with Gasteiger partial charge in [0, 0.05) is 15.2 Å². The van der Waals surface area contributed by atoms with E-state index < -0.39 is 0 Å². The summed E-state index contributed by atoms with van der Waals surface area (Å²) in [7, 11) is 0. The fraction of sp³-hybridized carbons (Fsp3) is 0.400. The molecular weight excluding hydrogens is 315 g/mol. The van der Waals surface area contributed by atoms with Crippen LogP contribution in [0.2, 0.25) is 5.02 Å². The van der Waals surface area contributed by atoms with E-state index in [9.17, 15) is 0 Å². The summed E-state index contributed by atoms with van der Waals surface area (Å²) < 4.78 is 0. The van der Waals surface area contributed by atoms with Crippen molar-refractivity contribution in [2.45, 2.75) is 17.7 Å². The summed E-state index contributed by atoms with van der Waals surface area (Å²) in [6, 6.07) is 8.02. The third-order valence-corrected chi connectivity index (χ3v) is 3.28. The molecule has 1 aromatic carbocycles. The van der Waals surface area contributed by atoms with E-state index in [-0.39, 0.29) is 0 Å². The Bertz CT molecular complexity index is 246. The molecule has 13 heavy (non-hydrogen) atoms. The molecule has 0 amide bonds. The highest BCUT2D eigenvalue weighted by atomic mass is 79.9. The zero-order valence-electron chi connectivity index (χ0n) is 7.14. The van der Waals surface area contributed by atoms with Gasteiger partial charge in [0.15, 0.2) is 0 Å². The van der Waals surface area contributed by atoms with Crippen LogP contribution in [0.3, 0.4) is 0 Å². The molecule has 0 fully saturated rings. The Kier molecular flexibility index (Phi) is 5.37. The minimum absolute atomic E-state index is 0.549. The molecule has 72 valence electrons. The Morgan fingerprint density at radius 2 is 1.85 bits per heavy atom. The highest BCUT2D eigenvalue weighted by Gasteiger charge is 2.03. The van der Waals surface area contributed by atoms with Crippen molar-refractivity contribution in [1.82, 2.24) is 0 Å². The Morgan fingerprint density at radius 3 is 2.38 bits per heavy atom. The van der Waals surface area contributed by atoms with Gasteiger partial charge in [-0.3, -0.25) is 0 Å². The minimum Gasteiger partial charge on any atom is -0.0928 e. The summed E-state index contributed by atoms with van der Waals surface area (Å²) in [5.41, 5.74) is 1.33. The molecule has 0 aliphatic rings. The molecule has 0 saturated carbocycles. The lowest BCUT2D eigenvalue weighted by atomic mass is 10.1. The van der Waals surface area contributed by atoms with Gasteiger partial charge in [0.2, 0.25) is 0 Å². The van der Waals surface area contributed by atoms with Crippen LogP contribution in [0.25, 0.3) is 0 Å². The van der Waals surface area contributed by atoms with Crippen molar-refractivity contribution < 1.29 is 0 Å². The van der Waals surface area contributed by atoms with E-state index in [0.29, 0.717) is 4.83 Å². The number of hydrogen-bond acceptors (Lipinski definition) is 0. The Balaban J connectivity index is 2.49. The number of alkyl halides is 2. The lowest BCUT2D eigenvalue weighted by molar-refractivity contribution is 0.841. The predicted molar refractivity (Wildman–Crippen MR) is 66.3 cm³/mol. The van der Waals surface area contributed by atoms with Crippen molar-refractivity contribution >= 4 is 43.5 Å². The number of halogens is 3. The van der Waals surface area contributed by atoms with Crippen LogP contribution in [-0.4, -0.2) is 10.2 Å². The number of hydrogen-bond donors (Lipinski definition) is 0. The summed E-state index contributed by atoms with van der Waals surface area (Å²) in [5.74, 6) is 0. The first-order valence-electron chi connectivity index (χ1n) is 4.17. The van der Waals surface area contributed by atoms with E-state index in [2.05, 4.69) is 44.0 Å². The lowest BCUT2D eigenvalue weighted by Gasteiger charge is -2.07. The molecule has 0 unspecified atom stereocenters. The van der Waals surface area contributed by atoms with Crippen molar-refractivity contribution in [1.29, 1.82) is 0 Å². The molecule has 0 heterocycles. The van der Waals surface area contributed by atoms with Crippen molar-refractivity contribution in [3.8, 4) is 0 Å². The molecule has 0 radical (unpaired) electrons. The van der Waals surface area contributed by atoms with E-state index in [1.165, 1.54) is 5.56 Å². The average Bonchev–Trinajstić information content (AvgIpc) is 2.09. The second-order valence-corrected chi connectivity index (χ2v) is 5.43. The average molecular weight is 326 g/mol. The van der Waals surface area contributed by atoms with Crippen molar-refractivity contribution in [2.24, 2.45) is 0 Å². The van der Waals surface area contributed by atoms with E-state index in [1.54, 1.807) is 0 Å². The summed E-state index contributed by atoms with van der Waals surface area (Å²) in [6.45, 7) is 0. The quantitative estimate of drug-likeness (QED) is 0.718. The third-order valence-electron chi connectivity index (χ3n) is 1.79. The minimum atomic E-state index is 0.549. The van der Waals surface area contributed by atoms with Gasteiger partial charge in [-0.05, 0) is 30.5 Å². The fourth-order valence-corrected chi connectivity index (χ4v) is 2.99. The third kappa shape index (κ3) is 4.48. The summed E-state index contributed by atoms with van der Waals surface area (Å²) in [6.07, 6.45) is 2.20. The molecule has 0 aliphatic carbocycles. The Hall–Kier alpha value is 0.470. The zero-order chi connectivity index (χ0) is 9.68. The van der Waals surface area contributed by atoms with Crippen molar-refractivity contribution in [2.75, 3.05) is 5.33 Å². The van der Waals surface area contributed by atoms with Gasteiger partial charge < -0.3 is 0 Å². The van der Waals surface area contributed by atoms with Gasteiger partial charge in [0.25, 0.3) is 0 Å². The molecule has 3 heteroatoms. The Morgan fingerprint density at radius 1 is 1.23 bits per heavy atom. The van der Waals surface area contributed by atoms with Crippen LogP contribution in [-0.2, 0) is 6.42 Å². The number of rotatable bonds is 4. The maximum atomic E-state index is 5.79. The van der Waals surface area contributed by atoms with Crippen LogP contribution in [0.1, 0.15) is 12.0 Å². The monoisotopic (exact) mass is 324 g/mol. The molecule has 0 aliphatic heterocycles. The SMILES string of the molecule is Clc1ccc(C[C@@H](Br)CCBr)cc1. The fourth-order valence-electron chi connectivity index (χ4n) is 1.10. The summed E-state index contributed by atoms with van der Waals surface area (Å²) in [5, 5.41) is 1.84. The molecule has 0 saturated heterocycles. The van der Waals surface area contributed by atoms with Gasteiger partial charge >= 0.3 is 0 Å². The first kappa shape index (κ1) is 11.5. The van der Waals surface area contributed by atoms with Crippen LogP contribution in [0, 0.1) is 0 Å². The van der Waals surface area contributed by atoms with E-state index >= 15 is 0 Å². The van der Waals surface area contributed by atoms with E-state index in [4.69, 9.17) is 11.6 Å². The number of benzene rings is 1. The molecule has 0 N–H and O–H groups in total. The van der Waals surface area contributed by atoms with Crippen molar-refractivity contribution in [3.05, 3.63) is 34.9 Å². The standard InChI is InChI=1S/C10H11Br2Cl/c11-6-5-9(12)7-8-1-3-10(13)4-2-8/h1-4,9H,5-7H2/t9-/m0/s1. The van der Waals surface area contributed by atoms with Crippen LogP contribution in [0.4, 0.5) is 0 Å². The smallest absolute Gasteiger partial charge is 0.0406 e. The normalized spacial score (nSPS) is 12.8. The first-order chi connectivity index (χ1) is 6.22. The maximum absolute atomic E-state index is 5.79. The predicted octanol–water partition coefficient (Wildman–Crippen LogP) is 4.43. The van der Waals surface area contributed by atoms with Crippen molar-refractivity contribution in [3.63, 3.8) is 0 Å². The Labute approximate surface area is 101 Å². The van der Waals surface area contributed by atoms with Gasteiger partial charge in [0.1, 0.15) is 0 Å². The highest BCUT2D eigenvalue weighted by Crippen LogP contribution is 2.16. The van der Waals surface area contributed by atoms with Crippen LogP contribution < -0.4 is 0 Å². The molecular formula is C10H11Br2Cl. The lowest BCUT2D eigenvalue weighted by Crippen LogP contribution is -2.02. The molecule has 0 aromatic heterocycles. The molecule has 0 nitrogen and oxygen atoms in total. The summed E-state index contributed by atoms with van der Waals surface area (Å²) in [4.78, 5) is 0.549. The van der Waals surface area contributed by atoms with Crippen LogP contribution in [0.15, 0.2) is 24.3 Å². The summed E-state index contributed by atoms with van der Waals surface area (Å²) >= 11 is 12.8. The molecule has 1 atom stereocenters. The van der Waals surface area contributed by atoms with Crippen LogP contribution in [0.5, 0.6) is 0 Å². The van der Waals surface area contributed by atoms with E-state index in [0.717, 1.165) is 23.2 Å². The van der Waals surface area contributed by atoms with Gasteiger partial charge in [-0.15, -0.1) is 0 Å². The zero-order valence-corrected chi connectivity index (χ0v) is 11.1. The van der Waals surface area contributed by atoms with E-state index in [1.807, 2.05) is 12.1 Å². The van der Waals surface area contributed by atoms with Gasteiger partial charge in [-0.1, -0.05) is 55.6 Å². The molecule has 1 aromatic rings. The largest absolute Gasteiger partial charge is 0.0928 e. The van der Waals surface area contributed by atoms with Crippen LogP contribution >= 0.6 is 43.5 Å². The molecule has 1 rings (SSSR count). The van der Waals surface area contributed by atoms with Gasteiger partial charge in [0.05, 0.1) is 0 Å².